The third-order valence-electron chi connectivity index (χ3n) is 7.94. The molecule has 2 amide bonds. The molecule has 0 aromatic heterocycles. The minimum absolute atomic E-state index is 0.0325. The highest BCUT2D eigenvalue weighted by Crippen LogP contribution is 2.34. The molecular weight excluding hydrogens is 544 g/mol. The van der Waals surface area contributed by atoms with Crippen LogP contribution in [0, 0.1) is 5.92 Å². The number of ether oxygens (including phenoxy) is 4. The van der Waals surface area contributed by atoms with Crippen LogP contribution in [0.3, 0.4) is 0 Å². The average Bonchev–Trinajstić information content (AvgIpc) is 3.61. The number of phenolic OH excluding ortho intramolecular Hbond substituents is 1. The predicted octanol–water partition coefficient (Wildman–Crippen LogP) is -2.14. The van der Waals surface area contributed by atoms with Crippen molar-refractivity contribution in [2.45, 2.75) is 93.9 Å². The van der Waals surface area contributed by atoms with Crippen molar-refractivity contribution < 1.29 is 59.2 Å². The number of carbonyl (C=O) groups excluding carboxylic acids is 2. The lowest BCUT2D eigenvalue weighted by molar-refractivity contribution is -0.155. The number of nitrogens with one attached hydrogen (secondary N) is 2. The van der Waals surface area contributed by atoms with E-state index in [0.717, 1.165) is 12.8 Å². The number of phenols is 1. The molecule has 5 rings (SSSR count). The minimum atomic E-state index is -1.49. The number of amides is 2. The van der Waals surface area contributed by atoms with E-state index < -0.39 is 73.1 Å². The van der Waals surface area contributed by atoms with E-state index in [2.05, 4.69) is 10.6 Å². The maximum absolute atomic E-state index is 12.8. The normalized spacial score (nSPS) is 37.8. The summed E-state index contributed by atoms with van der Waals surface area (Å²) in [6.07, 6.45) is -7.92. The molecule has 226 valence electrons. The second-order valence-corrected chi connectivity index (χ2v) is 11.0. The standard InChI is InChI=1S/C27H36N2O12/c1-10(25(36)29-16-17(31)19(33)24-23(18(16)32)38-9-39-24)7-12-3-6-15(14(30)8-12)40-27-21(35)20(34)22(41-27)11(2)28-26(37)13-4-5-13/h3,6-8,11,13,16-24,27,30-35H,4-5,9H2,1-2H3,(H,28,37)(H,29,36)/b10-7-/t11?,16-,17+,18-,19-,20+,21+,22?,23+,24-,27-/m1/s1. The van der Waals surface area contributed by atoms with Crippen LogP contribution in [0.2, 0.25) is 0 Å². The number of rotatable bonds is 8. The van der Waals surface area contributed by atoms with Crippen LogP contribution in [0.25, 0.3) is 6.08 Å². The van der Waals surface area contributed by atoms with Gasteiger partial charge in [-0.25, -0.2) is 0 Å². The summed E-state index contributed by atoms with van der Waals surface area (Å²) in [5, 5.41) is 68.0. The van der Waals surface area contributed by atoms with Gasteiger partial charge in [0.2, 0.25) is 18.1 Å². The molecule has 2 aliphatic carbocycles. The molecule has 4 aliphatic rings. The maximum Gasteiger partial charge on any atom is 0.247 e. The van der Waals surface area contributed by atoms with Gasteiger partial charge in [-0.3, -0.25) is 9.59 Å². The van der Waals surface area contributed by atoms with Gasteiger partial charge in [-0.2, -0.15) is 0 Å². The Morgan fingerprint density at radius 2 is 1.68 bits per heavy atom. The molecule has 1 aromatic carbocycles. The van der Waals surface area contributed by atoms with Crippen molar-refractivity contribution >= 4 is 17.9 Å². The van der Waals surface area contributed by atoms with E-state index in [1.807, 2.05) is 0 Å². The van der Waals surface area contributed by atoms with Crippen LogP contribution >= 0.6 is 0 Å². The third kappa shape index (κ3) is 6.05. The summed E-state index contributed by atoms with van der Waals surface area (Å²) in [7, 11) is 0. The molecule has 41 heavy (non-hydrogen) atoms. The lowest BCUT2D eigenvalue weighted by atomic mass is 9.83. The monoisotopic (exact) mass is 580 g/mol. The molecule has 0 radical (unpaired) electrons. The van der Waals surface area contributed by atoms with Crippen LogP contribution in [0.4, 0.5) is 0 Å². The first-order valence-corrected chi connectivity index (χ1v) is 13.5. The van der Waals surface area contributed by atoms with Crippen LogP contribution < -0.4 is 15.4 Å². The molecular formula is C27H36N2O12. The van der Waals surface area contributed by atoms with Crippen molar-refractivity contribution in [2.75, 3.05) is 6.79 Å². The summed E-state index contributed by atoms with van der Waals surface area (Å²) in [6.45, 7) is 3.00. The molecule has 1 aromatic rings. The zero-order chi connectivity index (χ0) is 29.6. The summed E-state index contributed by atoms with van der Waals surface area (Å²) >= 11 is 0. The van der Waals surface area contributed by atoms with E-state index in [1.54, 1.807) is 6.92 Å². The Labute approximate surface area is 235 Å². The Morgan fingerprint density at radius 1 is 1.00 bits per heavy atom. The van der Waals surface area contributed by atoms with E-state index in [0.29, 0.717) is 5.56 Å². The van der Waals surface area contributed by atoms with Crippen molar-refractivity contribution in [2.24, 2.45) is 5.92 Å². The Bertz CT molecular complexity index is 1170. The van der Waals surface area contributed by atoms with Crippen molar-refractivity contribution in [3.8, 4) is 11.5 Å². The van der Waals surface area contributed by atoms with Gasteiger partial charge in [-0.1, -0.05) is 6.07 Å². The molecule has 2 aliphatic heterocycles. The SMILES string of the molecule is C/C(=C/c1ccc(O[C@@H]2OC(C(C)NC(=O)C3CC3)[C@@H](O)[C@@H]2O)c(O)c1)C(=O)N[C@@H]1[C@H](O)[C@@H](O)[C@H]2OCO[C@H]2[C@@H]1O. The molecule has 14 heteroatoms. The molecule has 8 N–H and O–H groups in total. The predicted molar refractivity (Wildman–Crippen MR) is 138 cm³/mol. The first-order valence-electron chi connectivity index (χ1n) is 13.5. The van der Waals surface area contributed by atoms with Crippen LogP contribution in [0.15, 0.2) is 23.8 Å². The van der Waals surface area contributed by atoms with Crippen LogP contribution in [-0.2, 0) is 23.8 Å². The Kier molecular flexibility index (Phi) is 8.55. The number of aliphatic hydroxyl groups excluding tert-OH is 5. The van der Waals surface area contributed by atoms with Gasteiger partial charge in [0.25, 0.3) is 0 Å². The lowest BCUT2D eigenvalue weighted by Gasteiger charge is -2.41. The minimum Gasteiger partial charge on any atom is -0.504 e. The average molecular weight is 581 g/mol. The number of hydrogen-bond acceptors (Lipinski definition) is 12. The lowest BCUT2D eigenvalue weighted by Crippen LogP contribution is -2.67. The summed E-state index contributed by atoms with van der Waals surface area (Å²) in [5.74, 6) is -1.18. The summed E-state index contributed by atoms with van der Waals surface area (Å²) < 4.78 is 21.8. The van der Waals surface area contributed by atoms with Crippen LogP contribution in [0.1, 0.15) is 32.3 Å². The molecule has 2 saturated heterocycles. The molecule has 0 bridgehead atoms. The van der Waals surface area contributed by atoms with Gasteiger partial charge in [-0.05, 0) is 50.5 Å². The quantitative estimate of drug-likeness (QED) is 0.155. The zero-order valence-electron chi connectivity index (χ0n) is 22.5. The third-order valence-corrected chi connectivity index (χ3v) is 7.94. The summed E-state index contributed by atoms with van der Waals surface area (Å²) in [5.41, 5.74) is 0.572. The fraction of sp³-hybridized carbons (Fsp3) is 0.630. The van der Waals surface area contributed by atoms with Crippen molar-refractivity contribution in [1.82, 2.24) is 10.6 Å². The number of hydrogen-bond donors (Lipinski definition) is 8. The molecule has 0 spiro atoms. The summed E-state index contributed by atoms with van der Waals surface area (Å²) in [6, 6.07) is 2.43. The maximum atomic E-state index is 12.8. The van der Waals surface area contributed by atoms with E-state index in [1.165, 1.54) is 31.2 Å². The number of aliphatic hydroxyl groups is 5. The van der Waals surface area contributed by atoms with E-state index in [-0.39, 0.29) is 35.7 Å². The number of aromatic hydroxyl groups is 1. The van der Waals surface area contributed by atoms with Gasteiger partial charge in [0.15, 0.2) is 11.5 Å². The Balaban J connectivity index is 1.20. The number of fused-ring (bicyclic) bond motifs is 1. The fourth-order valence-corrected chi connectivity index (χ4v) is 5.34. The number of carbonyl (C=O) groups is 2. The fourth-order valence-electron chi connectivity index (χ4n) is 5.34. The zero-order valence-corrected chi connectivity index (χ0v) is 22.5. The topological polar surface area (TPSA) is 216 Å². The Hall–Kier alpha value is -2.82. The van der Waals surface area contributed by atoms with Gasteiger partial charge in [0, 0.05) is 11.5 Å². The molecule has 14 nitrogen and oxygen atoms in total. The van der Waals surface area contributed by atoms with Crippen LogP contribution in [-0.4, -0.2) is 116 Å². The first kappa shape index (κ1) is 29.7. The highest BCUT2D eigenvalue weighted by atomic mass is 16.7. The first-order chi connectivity index (χ1) is 19.5. The van der Waals surface area contributed by atoms with Gasteiger partial charge in [0.05, 0.1) is 12.1 Å². The highest BCUT2D eigenvalue weighted by molar-refractivity contribution is 5.97. The van der Waals surface area contributed by atoms with Gasteiger partial charge < -0.3 is 60.2 Å². The van der Waals surface area contributed by atoms with E-state index >= 15 is 0 Å². The second kappa shape index (κ2) is 11.8. The number of benzene rings is 1. The summed E-state index contributed by atoms with van der Waals surface area (Å²) in [4.78, 5) is 24.9. The largest absolute Gasteiger partial charge is 0.504 e. The van der Waals surface area contributed by atoms with E-state index in [9.17, 15) is 40.2 Å². The van der Waals surface area contributed by atoms with Crippen molar-refractivity contribution in [3.63, 3.8) is 0 Å². The van der Waals surface area contributed by atoms with Crippen molar-refractivity contribution in [1.29, 1.82) is 0 Å². The van der Waals surface area contributed by atoms with Crippen LogP contribution in [0.5, 0.6) is 11.5 Å². The molecule has 11 atom stereocenters. The van der Waals surface area contributed by atoms with Gasteiger partial charge >= 0.3 is 0 Å². The van der Waals surface area contributed by atoms with E-state index in [4.69, 9.17) is 18.9 Å². The Morgan fingerprint density at radius 3 is 2.34 bits per heavy atom. The van der Waals surface area contributed by atoms with Gasteiger partial charge in [-0.15, -0.1) is 0 Å². The molecule has 4 fully saturated rings. The van der Waals surface area contributed by atoms with Gasteiger partial charge in [0.1, 0.15) is 55.6 Å². The molecule has 2 heterocycles. The smallest absolute Gasteiger partial charge is 0.247 e. The van der Waals surface area contributed by atoms with Crippen molar-refractivity contribution in [3.05, 3.63) is 29.3 Å². The molecule has 2 saturated carbocycles. The molecule has 2 unspecified atom stereocenters. The highest BCUT2D eigenvalue weighted by Gasteiger charge is 2.53. The second-order valence-electron chi connectivity index (χ2n) is 11.0.